The first-order chi connectivity index (χ1) is 9.63. The Kier molecular flexibility index (Phi) is 7.04. The Labute approximate surface area is 116 Å². The third-order valence-electron chi connectivity index (χ3n) is 2.59. The predicted octanol–water partition coefficient (Wildman–Crippen LogP) is -3.18. The van der Waals surface area contributed by atoms with Gasteiger partial charge in [-0.05, 0) is 0 Å². The SMILES string of the molecule is O=CNCC(=O)NCC(=O)NCC(=O)N1CCOCC1. The molecule has 112 valence electrons. The van der Waals surface area contributed by atoms with Crippen molar-refractivity contribution in [1.82, 2.24) is 20.9 Å². The molecule has 9 nitrogen and oxygen atoms in total. The second-order valence-corrected chi connectivity index (χ2v) is 4.05. The molecule has 0 atom stereocenters. The molecule has 1 aliphatic rings. The molecule has 0 spiro atoms. The topological polar surface area (TPSA) is 117 Å². The first-order valence-corrected chi connectivity index (χ1v) is 6.19. The molecule has 1 fully saturated rings. The summed E-state index contributed by atoms with van der Waals surface area (Å²) in [7, 11) is 0. The van der Waals surface area contributed by atoms with E-state index in [0.29, 0.717) is 32.7 Å². The summed E-state index contributed by atoms with van der Waals surface area (Å²) < 4.78 is 5.11. The van der Waals surface area contributed by atoms with Gasteiger partial charge in [-0.25, -0.2) is 0 Å². The van der Waals surface area contributed by atoms with E-state index in [0.717, 1.165) is 0 Å². The molecular formula is C11H18N4O5. The monoisotopic (exact) mass is 286 g/mol. The van der Waals surface area contributed by atoms with Gasteiger partial charge in [0.15, 0.2) is 0 Å². The third kappa shape index (κ3) is 6.14. The molecule has 0 bridgehead atoms. The van der Waals surface area contributed by atoms with Crippen LogP contribution in [0.15, 0.2) is 0 Å². The van der Waals surface area contributed by atoms with Crippen LogP contribution in [0.2, 0.25) is 0 Å². The highest BCUT2D eigenvalue weighted by molar-refractivity contribution is 5.89. The zero-order chi connectivity index (χ0) is 14.8. The number of rotatable bonds is 7. The Morgan fingerprint density at radius 1 is 1.00 bits per heavy atom. The Balaban J connectivity index is 2.14. The highest BCUT2D eigenvalue weighted by atomic mass is 16.5. The van der Waals surface area contributed by atoms with E-state index in [1.807, 2.05) is 0 Å². The first-order valence-electron chi connectivity index (χ1n) is 6.19. The lowest BCUT2D eigenvalue weighted by atomic mass is 10.4. The predicted molar refractivity (Wildman–Crippen MR) is 67.5 cm³/mol. The van der Waals surface area contributed by atoms with Crippen molar-refractivity contribution in [2.24, 2.45) is 0 Å². The van der Waals surface area contributed by atoms with Crippen LogP contribution in [-0.4, -0.2) is 75.0 Å². The molecule has 1 rings (SSSR count). The summed E-state index contributed by atoms with van der Waals surface area (Å²) in [6.07, 6.45) is 0.390. The molecule has 0 unspecified atom stereocenters. The van der Waals surface area contributed by atoms with Gasteiger partial charge < -0.3 is 25.6 Å². The molecule has 1 heterocycles. The summed E-state index contributed by atoms with van der Waals surface area (Å²) in [5.74, 6) is -1.13. The van der Waals surface area contributed by atoms with Gasteiger partial charge in [0.05, 0.1) is 32.8 Å². The van der Waals surface area contributed by atoms with Crippen LogP contribution in [0.1, 0.15) is 0 Å². The van der Waals surface area contributed by atoms with Crippen LogP contribution in [0.25, 0.3) is 0 Å². The van der Waals surface area contributed by atoms with Crippen molar-refractivity contribution >= 4 is 24.1 Å². The molecule has 3 N–H and O–H groups in total. The highest BCUT2D eigenvalue weighted by Gasteiger charge is 2.17. The maximum Gasteiger partial charge on any atom is 0.242 e. The Morgan fingerprint density at radius 2 is 1.60 bits per heavy atom. The number of nitrogens with zero attached hydrogens (tertiary/aromatic N) is 1. The van der Waals surface area contributed by atoms with Gasteiger partial charge in [-0.3, -0.25) is 19.2 Å². The highest BCUT2D eigenvalue weighted by Crippen LogP contribution is 1.96. The van der Waals surface area contributed by atoms with Crippen molar-refractivity contribution in [3.05, 3.63) is 0 Å². The molecule has 0 aromatic rings. The smallest absolute Gasteiger partial charge is 0.242 e. The largest absolute Gasteiger partial charge is 0.378 e. The quantitative estimate of drug-likeness (QED) is 0.427. The number of carbonyl (C=O) groups excluding carboxylic acids is 4. The molecule has 1 aliphatic heterocycles. The van der Waals surface area contributed by atoms with Crippen molar-refractivity contribution in [1.29, 1.82) is 0 Å². The normalized spacial score (nSPS) is 14.3. The van der Waals surface area contributed by atoms with Crippen LogP contribution in [0.4, 0.5) is 0 Å². The number of morpholine rings is 1. The van der Waals surface area contributed by atoms with Crippen molar-refractivity contribution in [3.8, 4) is 0 Å². The minimum absolute atomic E-state index is 0.110. The molecule has 0 aromatic carbocycles. The molecule has 0 radical (unpaired) electrons. The second kappa shape index (κ2) is 8.86. The van der Waals surface area contributed by atoms with Gasteiger partial charge in [0.2, 0.25) is 24.1 Å². The van der Waals surface area contributed by atoms with E-state index < -0.39 is 11.8 Å². The van der Waals surface area contributed by atoms with Crippen molar-refractivity contribution in [2.75, 3.05) is 45.9 Å². The van der Waals surface area contributed by atoms with E-state index in [-0.39, 0.29) is 25.5 Å². The zero-order valence-corrected chi connectivity index (χ0v) is 11.0. The lowest BCUT2D eigenvalue weighted by Crippen LogP contribution is -2.47. The summed E-state index contributed by atoms with van der Waals surface area (Å²) >= 11 is 0. The minimum Gasteiger partial charge on any atom is -0.378 e. The molecule has 1 saturated heterocycles. The second-order valence-electron chi connectivity index (χ2n) is 4.05. The van der Waals surface area contributed by atoms with Crippen LogP contribution >= 0.6 is 0 Å². The van der Waals surface area contributed by atoms with E-state index in [1.165, 1.54) is 0 Å². The molecule has 0 saturated carbocycles. The minimum atomic E-state index is -0.480. The van der Waals surface area contributed by atoms with Crippen LogP contribution < -0.4 is 16.0 Å². The van der Waals surface area contributed by atoms with Gasteiger partial charge in [0, 0.05) is 13.1 Å². The van der Waals surface area contributed by atoms with E-state index in [2.05, 4.69) is 16.0 Å². The van der Waals surface area contributed by atoms with E-state index in [9.17, 15) is 19.2 Å². The standard InChI is InChI=1S/C11H18N4O5/c16-8-12-5-9(17)13-6-10(18)14-7-11(19)15-1-3-20-4-2-15/h8H,1-7H2,(H,12,16)(H,13,17)(H,14,18). The summed E-state index contributed by atoms with van der Waals surface area (Å²) in [6, 6.07) is 0. The van der Waals surface area contributed by atoms with Crippen LogP contribution in [0, 0.1) is 0 Å². The van der Waals surface area contributed by atoms with E-state index in [1.54, 1.807) is 4.90 Å². The molecule has 9 heteroatoms. The average Bonchev–Trinajstić information content (AvgIpc) is 2.49. The Hall–Kier alpha value is -2.16. The van der Waals surface area contributed by atoms with Gasteiger partial charge >= 0.3 is 0 Å². The summed E-state index contributed by atoms with van der Waals surface area (Å²) in [4.78, 5) is 45.8. The number of carbonyl (C=O) groups is 4. The van der Waals surface area contributed by atoms with Gasteiger partial charge in [-0.15, -0.1) is 0 Å². The number of amides is 4. The fourth-order valence-electron chi connectivity index (χ4n) is 1.54. The number of ether oxygens (including phenoxy) is 1. The van der Waals surface area contributed by atoms with E-state index in [4.69, 9.17) is 4.74 Å². The summed E-state index contributed by atoms with van der Waals surface area (Å²) in [5.41, 5.74) is 0. The molecule has 20 heavy (non-hydrogen) atoms. The lowest BCUT2D eigenvalue weighted by molar-refractivity contribution is -0.136. The van der Waals surface area contributed by atoms with Gasteiger partial charge in [0.25, 0.3) is 0 Å². The maximum atomic E-state index is 11.7. The zero-order valence-electron chi connectivity index (χ0n) is 11.0. The first kappa shape index (κ1) is 15.9. The van der Waals surface area contributed by atoms with Crippen LogP contribution in [0.3, 0.4) is 0 Å². The molecule has 4 amide bonds. The van der Waals surface area contributed by atoms with Gasteiger partial charge in [-0.2, -0.15) is 0 Å². The number of nitrogens with one attached hydrogen (secondary N) is 3. The van der Waals surface area contributed by atoms with Crippen molar-refractivity contribution < 1.29 is 23.9 Å². The molecule has 0 aliphatic carbocycles. The lowest BCUT2D eigenvalue weighted by Gasteiger charge is -2.26. The molecule has 0 aromatic heterocycles. The fourth-order valence-corrected chi connectivity index (χ4v) is 1.54. The van der Waals surface area contributed by atoms with Gasteiger partial charge in [0.1, 0.15) is 0 Å². The third-order valence-corrected chi connectivity index (χ3v) is 2.59. The fraction of sp³-hybridized carbons (Fsp3) is 0.636. The van der Waals surface area contributed by atoms with Crippen LogP contribution in [-0.2, 0) is 23.9 Å². The summed E-state index contributed by atoms with van der Waals surface area (Å²) in [6.45, 7) is 1.49. The molecular weight excluding hydrogens is 268 g/mol. The van der Waals surface area contributed by atoms with Gasteiger partial charge in [-0.1, -0.05) is 0 Å². The number of hydrogen-bond acceptors (Lipinski definition) is 5. The maximum absolute atomic E-state index is 11.7. The summed E-state index contributed by atoms with van der Waals surface area (Å²) in [5, 5.41) is 6.89. The Bertz CT molecular complexity index is 368. The van der Waals surface area contributed by atoms with Crippen molar-refractivity contribution in [3.63, 3.8) is 0 Å². The van der Waals surface area contributed by atoms with E-state index >= 15 is 0 Å². The van der Waals surface area contributed by atoms with Crippen molar-refractivity contribution in [2.45, 2.75) is 0 Å². The Morgan fingerprint density at radius 3 is 2.25 bits per heavy atom. The average molecular weight is 286 g/mol. The van der Waals surface area contributed by atoms with Crippen LogP contribution in [0.5, 0.6) is 0 Å². The number of hydrogen-bond donors (Lipinski definition) is 3.